The van der Waals surface area contributed by atoms with Crippen molar-refractivity contribution in [3.8, 4) is 0 Å². The Morgan fingerprint density at radius 3 is 2.41 bits per heavy atom. The second-order valence-electron chi connectivity index (χ2n) is 4.47. The van der Waals surface area contributed by atoms with E-state index in [0.29, 0.717) is 0 Å². The van der Waals surface area contributed by atoms with Gasteiger partial charge in [-0.15, -0.1) is 0 Å². The number of rotatable bonds is 0. The number of hydrogen-bond donors (Lipinski definition) is 0. The quantitative estimate of drug-likeness (QED) is 0.632. The largest absolute Gasteiger partial charge is 0.416 e. The van der Waals surface area contributed by atoms with Gasteiger partial charge in [0, 0.05) is 11.8 Å². The maximum Gasteiger partial charge on any atom is 0.416 e. The van der Waals surface area contributed by atoms with Gasteiger partial charge in [-0.1, -0.05) is 42.5 Å². The molecule has 0 spiro atoms. The molecule has 2 aliphatic carbocycles. The van der Waals surface area contributed by atoms with Gasteiger partial charge >= 0.3 is 6.18 Å². The summed E-state index contributed by atoms with van der Waals surface area (Å²) in [5.41, 5.74) is -0.564. The van der Waals surface area contributed by atoms with E-state index in [9.17, 15) is 13.2 Å². The van der Waals surface area contributed by atoms with Crippen LogP contribution in [0.15, 0.2) is 48.1 Å². The standard InChI is InChI=1S/C13H11F3O/c14-13(15,16)8-5-6-12-10(7-8)9-3-1-2-4-11(9)17-12/h1-7,9-12H. The van der Waals surface area contributed by atoms with Gasteiger partial charge in [-0.05, 0) is 0 Å². The predicted octanol–water partition coefficient (Wildman–Crippen LogP) is 3.17. The van der Waals surface area contributed by atoms with Crippen molar-refractivity contribution in [3.05, 3.63) is 48.1 Å². The number of hydrogen-bond acceptors (Lipinski definition) is 1. The second kappa shape index (κ2) is 3.60. The highest BCUT2D eigenvalue weighted by Crippen LogP contribution is 2.42. The molecule has 1 fully saturated rings. The van der Waals surface area contributed by atoms with Crippen molar-refractivity contribution in [3.63, 3.8) is 0 Å². The molecule has 4 atom stereocenters. The molecule has 4 unspecified atom stereocenters. The Labute approximate surface area is 97.0 Å². The first-order valence-corrected chi connectivity index (χ1v) is 5.53. The second-order valence-corrected chi connectivity index (χ2v) is 4.47. The third kappa shape index (κ3) is 1.76. The minimum Gasteiger partial charge on any atom is -0.366 e. The van der Waals surface area contributed by atoms with Gasteiger partial charge in [-0.3, -0.25) is 0 Å². The number of halogens is 3. The molecule has 90 valence electrons. The summed E-state index contributed by atoms with van der Waals surface area (Å²) in [5.74, 6) is -0.185. The Kier molecular flexibility index (Phi) is 2.30. The monoisotopic (exact) mass is 240 g/mol. The average molecular weight is 240 g/mol. The van der Waals surface area contributed by atoms with Crippen molar-refractivity contribution >= 4 is 0 Å². The van der Waals surface area contributed by atoms with Gasteiger partial charge in [0.1, 0.15) is 0 Å². The van der Waals surface area contributed by atoms with E-state index >= 15 is 0 Å². The molecule has 0 radical (unpaired) electrons. The van der Waals surface area contributed by atoms with Crippen LogP contribution in [0.5, 0.6) is 0 Å². The molecule has 0 N–H and O–H groups in total. The zero-order valence-electron chi connectivity index (χ0n) is 8.89. The molecule has 0 amide bonds. The first-order valence-electron chi connectivity index (χ1n) is 5.53. The Morgan fingerprint density at radius 1 is 0.941 bits per heavy atom. The van der Waals surface area contributed by atoms with E-state index in [0.717, 1.165) is 6.08 Å². The molecular formula is C13H11F3O. The van der Waals surface area contributed by atoms with Crippen LogP contribution in [0.25, 0.3) is 0 Å². The zero-order valence-corrected chi connectivity index (χ0v) is 8.89. The average Bonchev–Trinajstić information content (AvgIpc) is 2.65. The molecule has 0 aromatic carbocycles. The molecule has 0 bridgehead atoms. The van der Waals surface area contributed by atoms with Crippen molar-refractivity contribution in [1.82, 2.24) is 0 Å². The fourth-order valence-electron chi connectivity index (χ4n) is 2.61. The van der Waals surface area contributed by atoms with E-state index in [4.69, 9.17) is 4.74 Å². The summed E-state index contributed by atoms with van der Waals surface area (Å²) in [7, 11) is 0. The highest BCUT2D eigenvalue weighted by molar-refractivity contribution is 5.34. The summed E-state index contributed by atoms with van der Waals surface area (Å²) in [4.78, 5) is 0. The molecule has 0 aromatic heterocycles. The maximum absolute atomic E-state index is 12.6. The normalized spacial score (nSPS) is 38.9. The van der Waals surface area contributed by atoms with E-state index in [1.54, 1.807) is 0 Å². The fraction of sp³-hybridized carbons (Fsp3) is 0.385. The van der Waals surface area contributed by atoms with Crippen molar-refractivity contribution in [2.75, 3.05) is 0 Å². The van der Waals surface area contributed by atoms with Gasteiger partial charge < -0.3 is 4.74 Å². The van der Waals surface area contributed by atoms with Gasteiger partial charge in [0.2, 0.25) is 0 Å². The summed E-state index contributed by atoms with van der Waals surface area (Å²) in [6.07, 6.45) is 6.92. The fourth-order valence-corrected chi connectivity index (χ4v) is 2.61. The topological polar surface area (TPSA) is 9.23 Å². The summed E-state index contributed by atoms with van der Waals surface area (Å²) in [6, 6.07) is 0. The van der Waals surface area contributed by atoms with Crippen LogP contribution in [0.2, 0.25) is 0 Å². The lowest BCUT2D eigenvalue weighted by Gasteiger charge is -2.22. The van der Waals surface area contributed by atoms with Crippen molar-refractivity contribution in [2.24, 2.45) is 11.8 Å². The lowest BCUT2D eigenvalue weighted by atomic mass is 9.81. The molecule has 1 aliphatic heterocycles. The first-order chi connectivity index (χ1) is 8.05. The number of fused-ring (bicyclic) bond motifs is 3. The number of ether oxygens (including phenoxy) is 1. The van der Waals surface area contributed by atoms with Crippen LogP contribution < -0.4 is 0 Å². The Balaban J connectivity index is 1.92. The van der Waals surface area contributed by atoms with Gasteiger partial charge in [-0.2, -0.15) is 13.2 Å². The van der Waals surface area contributed by atoms with Crippen molar-refractivity contribution in [1.29, 1.82) is 0 Å². The molecule has 1 nitrogen and oxygen atoms in total. The van der Waals surface area contributed by atoms with Crippen LogP contribution in [0.1, 0.15) is 0 Å². The Hall–Kier alpha value is -1.29. The summed E-state index contributed by atoms with van der Waals surface area (Å²) in [6.45, 7) is 0. The lowest BCUT2D eigenvalue weighted by Crippen LogP contribution is -2.23. The van der Waals surface area contributed by atoms with Crippen LogP contribution in [-0.2, 0) is 4.74 Å². The minimum absolute atomic E-state index is 0.0206. The summed E-state index contributed by atoms with van der Waals surface area (Å²) in [5, 5.41) is 0. The molecule has 1 saturated heterocycles. The predicted molar refractivity (Wildman–Crippen MR) is 57.2 cm³/mol. The minimum atomic E-state index is -4.27. The molecule has 0 saturated carbocycles. The van der Waals surface area contributed by atoms with E-state index in [2.05, 4.69) is 0 Å². The summed E-state index contributed by atoms with van der Waals surface area (Å²) < 4.78 is 43.6. The van der Waals surface area contributed by atoms with Crippen molar-refractivity contribution < 1.29 is 17.9 Å². The van der Waals surface area contributed by atoms with E-state index in [1.165, 1.54) is 12.2 Å². The first kappa shape index (κ1) is 10.8. The highest BCUT2D eigenvalue weighted by atomic mass is 19.4. The van der Waals surface area contributed by atoms with Gasteiger partial charge in [0.25, 0.3) is 0 Å². The van der Waals surface area contributed by atoms with E-state index in [-0.39, 0.29) is 24.0 Å². The third-order valence-electron chi connectivity index (χ3n) is 3.43. The third-order valence-corrected chi connectivity index (χ3v) is 3.43. The SMILES string of the molecule is FC(F)(F)C1=CC2C(C=C1)OC1C=CC=CC12. The van der Waals surface area contributed by atoms with Crippen LogP contribution >= 0.6 is 0 Å². The molecule has 0 aromatic rings. The summed E-state index contributed by atoms with van der Waals surface area (Å²) >= 11 is 0. The van der Waals surface area contributed by atoms with Crippen LogP contribution in [0, 0.1) is 11.8 Å². The smallest absolute Gasteiger partial charge is 0.366 e. The number of allylic oxidation sites excluding steroid dienone is 4. The molecule has 4 heteroatoms. The zero-order chi connectivity index (χ0) is 12.0. The van der Waals surface area contributed by atoms with E-state index in [1.807, 2.05) is 24.3 Å². The molecular weight excluding hydrogens is 229 g/mol. The molecule has 17 heavy (non-hydrogen) atoms. The molecule has 3 aliphatic rings. The number of alkyl halides is 3. The molecule has 1 heterocycles. The van der Waals surface area contributed by atoms with Gasteiger partial charge in [-0.25, -0.2) is 0 Å². The highest BCUT2D eigenvalue weighted by Gasteiger charge is 2.44. The van der Waals surface area contributed by atoms with Crippen LogP contribution in [0.4, 0.5) is 13.2 Å². The Bertz CT molecular complexity index is 442. The van der Waals surface area contributed by atoms with Crippen molar-refractivity contribution in [2.45, 2.75) is 18.4 Å². The lowest BCUT2D eigenvalue weighted by molar-refractivity contribution is -0.0892. The maximum atomic E-state index is 12.6. The van der Waals surface area contributed by atoms with Crippen LogP contribution in [-0.4, -0.2) is 18.4 Å². The van der Waals surface area contributed by atoms with Gasteiger partial charge in [0.05, 0.1) is 17.8 Å². The molecule has 3 rings (SSSR count). The van der Waals surface area contributed by atoms with Crippen LogP contribution in [0.3, 0.4) is 0 Å². The Morgan fingerprint density at radius 2 is 1.65 bits per heavy atom. The van der Waals surface area contributed by atoms with E-state index < -0.39 is 11.7 Å². The van der Waals surface area contributed by atoms with Gasteiger partial charge in [0.15, 0.2) is 0 Å².